The normalized spacial score (nSPS) is 12.0. The van der Waals surface area contributed by atoms with Crippen LogP contribution in [0.25, 0.3) is 11.3 Å². The van der Waals surface area contributed by atoms with Crippen molar-refractivity contribution in [3.8, 4) is 22.8 Å². The van der Waals surface area contributed by atoms with Crippen molar-refractivity contribution in [2.45, 2.75) is 39.2 Å². The van der Waals surface area contributed by atoms with E-state index in [0.29, 0.717) is 16.3 Å². The number of pyridine rings is 1. The lowest BCUT2D eigenvalue weighted by Crippen LogP contribution is -2.10. The molecule has 3 nitrogen and oxygen atoms in total. The molecule has 0 N–H and O–H groups in total. The zero-order chi connectivity index (χ0) is 19.2. The summed E-state index contributed by atoms with van der Waals surface area (Å²) in [4.78, 5) is 4.83. The van der Waals surface area contributed by atoms with Crippen LogP contribution in [0, 0.1) is 6.92 Å². The monoisotopic (exact) mass is 380 g/mol. The SMILES string of the molecule is CCCCC(Oc1ccc([O])c(C)c1)c1cccc(-c2ccc(Cl)cc2)n1. The van der Waals surface area contributed by atoms with Gasteiger partial charge < -0.3 is 4.74 Å². The Morgan fingerprint density at radius 2 is 1.85 bits per heavy atom. The molecule has 3 aromatic rings. The Hall–Kier alpha value is -2.52. The maximum Gasteiger partial charge on any atom is 0.181 e. The van der Waals surface area contributed by atoms with Crippen LogP contribution in [0.1, 0.15) is 43.5 Å². The lowest BCUT2D eigenvalue weighted by atomic mass is 10.1. The minimum atomic E-state index is -0.158. The van der Waals surface area contributed by atoms with Gasteiger partial charge in [0.05, 0.1) is 11.4 Å². The van der Waals surface area contributed by atoms with E-state index in [1.165, 1.54) is 0 Å². The molecule has 0 aliphatic heterocycles. The zero-order valence-electron chi connectivity index (χ0n) is 15.6. The topological polar surface area (TPSA) is 42.0 Å². The molecule has 1 atom stereocenters. The number of halogens is 1. The standard InChI is InChI=1S/C23H23ClNO2/c1-3-4-8-23(27-19-13-14-22(26)16(2)15-19)21-7-5-6-20(25-21)17-9-11-18(24)12-10-17/h5-7,9-15,23H,3-4,8H2,1-2H3. The number of hydrogen-bond acceptors (Lipinski definition) is 2. The molecule has 1 radical (unpaired) electrons. The van der Waals surface area contributed by atoms with E-state index in [4.69, 9.17) is 21.3 Å². The van der Waals surface area contributed by atoms with Crippen LogP contribution in [0.3, 0.4) is 0 Å². The van der Waals surface area contributed by atoms with Crippen molar-refractivity contribution < 1.29 is 9.84 Å². The average Bonchev–Trinajstić information content (AvgIpc) is 2.68. The maximum absolute atomic E-state index is 11.6. The van der Waals surface area contributed by atoms with Crippen molar-refractivity contribution in [1.29, 1.82) is 0 Å². The van der Waals surface area contributed by atoms with Crippen molar-refractivity contribution in [2.75, 3.05) is 0 Å². The van der Waals surface area contributed by atoms with E-state index in [-0.39, 0.29) is 11.9 Å². The number of nitrogens with zero attached hydrogens (tertiary/aromatic N) is 1. The van der Waals surface area contributed by atoms with Gasteiger partial charge in [0.15, 0.2) is 5.75 Å². The summed E-state index contributed by atoms with van der Waals surface area (Å²) >= 11 is 5.99. The fourth-order valence-electron chi connectivity index (χ4n) is 2.93. The first-order valence-electron chi connectivity index (χ1n) is 9.24. The number of benzene rings is 2. The summed E-state index contributed by atoms with van der Waals surface area (Å²) in [6.45, 7) is 3.96. The molecule has 1 unspecified atom stereocenters. The summed E-state index contributed by atoms with van der Waals surface area (Å²) in [5.74, 6) is 0.724. The maximum atomic E-state index is 11.6. The lowest BCUT2D eigenvalue weighted by Gasteiger charge is -2.20. The molecule has 0 aliphatic rings. The highest BCUT2D eigenvalue weighted by atomic mass is 35.5. The van der Waals surface area contributed by atoms with Gasteiger partial charge in [0.2, 0.25) is 0 Å². The number of rotatable bonds is 7. The Balaban J connectivity index is 1.88. The zero-order valence-corrected chi connectivity index (χ0v) is 16.4. The number of ether oxygens (including phenoxy) is 1. The van der Waals surface area contributed by atoms with E-state index < -0.39 is 0 Å². The van der Waals surface area contributed by atoms with E-state index in [0.717, 1.165) is 36.2 Å². The number of hydrogen-bond donors (Lipinski definition) is 0. The number of aromatic nitrogens is 1. The summed E-state index contributed by atoms with van der Waals surface area (Å²) in [7, 11) is 0. The van der Waals surface area contributed by atoms with Gasteiger partial charge in [-0.1, -0.05) is 43.1 Å². The highest BCUT2D eigenvalue weighted by Gasteiger charge is 2.16. The van der Waals surface area contributed by atoms with Crippen LogP contribution in [-0.2, 0) is 5.11 Å². The molecule has 0 bridgehead atoms. The van der Waals surface area contributed by atoms with Crippen LogP contribution in [0.2, 0.25) is 5.02 Å². The molecular formula is C23H23ClNO2. The third kappa shape index (κ3) is 5.01. The minimum Gasteiger partial charge on any atom is -0.484 e. The molecule has 2 aromatic carbocycles. The lowest BCUT2D eigenvalue weighted by molar-refractivity contribution is 0.186. The Morgan fingerprint density at radius 3 is 2.56 bits per heavy atom. The van der Waals surface area contributed by atoms with Crippen LogP contribution < -0.4 is 4.74 Å². The molecular weight excluding hydrogens is 358 g/mol. The largest absolute Gasteiger partial charge is 0.484 e. The van der Waals surface area contributed by atoms with Crippen molar-refractivity contribution in [1.82, 2.24) is 4.98 Å². The van der Waals surface area contributed by atoms with Crippen LogP contribution in [0.15, 0.2) is 60.7 Å². The quantitative estimate of drug-likeness (QED) is 0.436. The van der Waals surface area contributed by atoms with Gasteiger partial charge in [-0.3, -0.25) is 5.11 Å². The minimum absolute atomic E-state index is 0.0234. The number of aryl methyl sites for hydroxylation is 1. The molecule has 0 spiro atoms. The van der Waals surface area contributed by atoms with Gasteiger partial charge in [-0.05, 0) is 62.2 Å². The van der Waals surface area contributed by atoms with Gasteiger partial charge in [0.1, 0.15) is 11.9 Å². The third-order valence-electron chi connectivity index (χ3n) is 4.49. The Labute approximate surface area is 165 Å². The van der Waals surface area contributed by atoms with Crippen LogP contribution in [-0.4, -0.2) is 4.98 Å². The van der Waals surface area contributed by atoms with E-state index >= 15 is 0 Å². The summed E-state index contributed by atoms with van der Waals surface area (Å²) < 4.78 is 6.23. The third-order valence-corrected chi connectivity index (χ3v) is 4.74. The molecule has 0 fully saturated rings. The fourth-order valence-corrected chi connectivity index (χ4v) is 3.05. The predicted octanol–water partition coefficient (Wildman–Crippen LogP) is 7.16. The van der Waals surface area contributed by atoms with Gasteiger partial charge in [-0.15, -0.1) is 0 Å². The van der Waals surface area contributed by atoms with Crippen molar-refractivity contribution in [3.63, 3.8) is 0 Å². The van der Waals surface area contributed by atoms with Crippen LogP contribution in [0.4, 0.5) is 0 Å². The van der Waals surface area contributed by atoms with E-state index in [1.54, 1.807) is 25.1 Å². The molecule has 0 saturated carbocycles. The molecule has 4 heteroatoms. The highest BCUT2D eigenvalue weighted by molar-refractivity contribution is 6.30. The summed E-state index contributed by atoms with van der Waals surface area (Å²) in [5, 5.41) is 12.4. The van der Waals surface area contributed by atoms with Crippen LogP contribution >= 0.6 is 11.6 Å². The second kappa shape index (κ2) is 8.92. The summed E-state index contributed by atoms with van der Waals surface area (Å²) in [6.07, 6.45) is 2.83. The van der Waals surface area contributed by atoms with Crippen molar-refractivity contribution in [2.24, 2.45) is 0 Å². The van der Waals surface area contributed by atoms with Gasteiger partial charge >= 0.3 is 0 Å². The number of unbranched alkanes of at least 4 members (excludes halogenated alkanes) is 1. The molecule has 139 valence electrons. The molecule has 1 aromatic heterocycles. The molecule has 1 heterocycles. The first-order valence-corrected chi connectivity index (χ1v) is 9.62. The second-order valence-electron chi connectivity index (χ2n) is 6.63. The first-order chi connectivity index (χ1) is 13.1. The Morgan fingerprint density at radius 1 is 1.07 bits per heavy atom. The van der Waals surface area contributed by atoms with Gasteiger partial charge in [-0.25, -0.2) is 4.98 Å². The average molecular weight is 381 g/mol. The van der Waals surface area contributed by atoms with Gasteiger partial charge in [0.25, 0.3) is 0 Å². The predicted molar refractivity (Wildman–Crippen MR) is 109 cm³/mol. The van der Waals surface area contributed by atoms with Crippen molar-refractivity contribution in [3.05, 3.63) is 76.9 Å². The smallest absolute Gasteiger partial charge is 0.181 e. The molecule has 0 saturated heterocycles. The van der Waals surface area contributed by atoms with E-state index in [1.807, 2.05) is 42.5 Å². The summed E-state index contributed by atoms with van der Waals surface area (Å²) in [5.41, 5.74) is 3.48. The van der Waals surface area contributed by atoms with Crippen LogP contribution in [0.5, 0.6) is 11.5 Å². The molecule has 0 aliphatic carbocycles. The van der Waals surface area contributed by atoms with Crippen molar-refractivity contribution >= 4 is 11.6 Å². The van der Waals surface area contributed by atoms with E-state index in [2.05, 4.69) is 6.92 Å². The molecule has 27 heavy (non-hydrogen) atoms. The Kier molecular flexibility index (Phi) is 6.36. The fraction of sp³-hybridized carbons (Fsp3) is 0.261. The first kappa shape index (κ1) is 19.2. The Bertz CT molecular complexity index is 893. The van der Waals surface area contributed by atoms with Gasteiger partial charge in [0, 0.05) is 16.1 Å². The summed E-state index contributed by atoms with van der Waals surface area (Å²) in [6, 6.07) is 18.7. The van der Waals surface area contributed by atoms with E-state index in [9.17, 15) is 5.11 Å². The molecule has 3 rings (SSSR count). The highest BCUT2D eigenvalue weighted by Crippen LogP contribution is 2.30. The molecule has 0 amide bonds. The second-order valence-corrected chi connectivity index (χ2v) is 7.07. The van der Waals surface area contributed by atoms with Gasteiger partial charge in [-0.2, -0.15) is 0 Å².